The van der Waals surface area contributed by atoms with Gasteiger partial charge in [0.1, 0.15) is 35.9 Å². The molecule has 0 aliphatic rings. The maximum atomic E-state index is 13.4. The van der Waals surface area contributed by atoms with Crippen molar-refractivity contribution in [2.75, 3.05) is 19.5 Å². The number of alkyl halides is 3. The number of hydrogen-bond donors (Lipinski definition) is 2. The number of aromatic nitrogens is 6. The second-order valence-corrected chi connectivity index (χ2v) is 7.45. The van der Waals surface area contributed by atoms with Gasteiger partial charge in [0.15, 0.2) is 0 Å². The number of carbonyl (C=O) groups excluding carboxylic acids is 1. The van der Waals surface area contributed by atoms with Gasteiger partial charge in [-0.2, -0.15) is 0 Å². The van der Waals surface area contributed by atoms with Gasteiger partial charge in [-0.3, -0.25) is 0 Å². The molecule has 1 atom stereocenters. The van der Waals surface area contributed by atoms with Gasteiger partial charge in [-0.25, -0.2) is 27.8 Å². The topological polar surface area (TPSA) is 156 Å². The molecule has 0 amide bonds. The SMILES string of the molecule is COc1cccc2c(-c3cn(Cc4cccc(C(O)(CF)C(F)F)[n+]4C(=O)[O-])nn3)nc(N)nc12. The summed E-state index contributed by atoms with van der Waals surface area (Å²) >= 11 is 0. The molecule has 1 aromatic carbocycles. The zero-order valence-electron chi connectivity index (χ0n) is 18.1. The number of rotatable bonds is 7. The molecule has 11 nitrogen and oxygen atoms in total. The Morgan fingerprint density at radius 3 is 2.69 bits per heavy atom. The van der Waals surface area contributed by atoms with Crippen molar-refractivity contribution in [1.29, 1.82) is 0 Å². The zero-order valence-corrected chi connectivity index (χ0v) is 18.1. The van der Waals surface area contributed by atoms with Gasteiger partial charge in [0.2, 0.25) is 22.9 Å². The van der Waals surface area contributed by atoms with Crippen molar-refractivity contribution in [2.45, 2.75) is 18.6 Å². The van der Waals surface area contributed by atoms with E-state index < -0.39 is 30.5 Å². The fraction of sp³-hybridized carbons (Fsp3) is 0.238. The molecular formula is C21H18F3N7O4. The van der Waals surface area contributed by atoms with Gasteiger partial charge < -0.3 is 25.5 Å². The third-order valence-electron chi connectivity index (χ3n) is 5.29. The van der Waals surface area contributed by atoms with Gasteiger partial charge in [-0.1, -0.05) is 17.3 Å². The van der Waals surface area contributed by atoms with Crippen LogP contribution < -0.4 is 20.1 Å². The first-order chi connectivity index (χ1) is 16.7. The van der Waals surface area contributed by atoms with E-state index in [1.54, 1.807) is 18.2 Å². The van der Waals surface area contributed by atoms with Gasteiger partial charge in [0.25, 0.3) is 6.43 Å². The number of methoxy groups -OCH3 is 1. The van der Waals surface area contributed by atoms with E-state index in [4.69, 9.17) is 10.5 Å². The predicted molar refractivity (Wildman–Crippen MR) is 112 cm³/mol. The smallest absolute Gasteiger partial charge is 0.343 e. The number of carbonyl (C=O) groups is 1. The van der Waals surface area contributed by atoms with Crippen LogP contribution in [0.2, 0.25) is 0 Å². The number of halogens is 3. The molecule has 0 spiro atoms. The van der Waals surface area contributed by atoms with E-state index in [0.717, 1.165) is 6.07 Å². The molecule has 1 unspecified atom stereocenters. The molecule has 4 aromatic rings. The van der Waals surface area contributed by atoms with Gasteiger partial charge in [0, 0.05) is 17.5 Å². The largest absolute Gasteiger partial charge is 0.494 e. The highest BCUT2D eigenvalue weighted by Crippen LogP contribution is 2.31. The van der Waals surface area contributed by atoms with Crippen molar-refractivity contribution in [3.8, 4) is 17.1 Å². The van der Waals surface area contributed by atoms with Crippen molar-refractivity contribution in [3.05, 3.63) is 54.0 Å². The molecule has 3 N–H and O–H groups in total. The first kappa shape index (κ1) is 23.8. The third kappa shape index (κ3) is 4.19. The number of carboxylic acid groups (broad SMARTS) is 1. The van der Waals surface area contributed by atoms with Crippen LogP contribution in [-0.2, 0) is 12.1 Å². The molecule has 4 rings (SSSR count). The molecule has 0 saturated carbocycles. The summed E-state index contributed by atoms with van der Waals surface area (Å²) in [4.78, 5) is 20.2. The molecule has 0 aliphatic heterocycles. The molecule has 182 valence electrons. The highest BCUT2D eigenvalue weighted by molar-refractivity contribution is 5.95. The summed E-state index contributed by atoms with van der Waals surface area (Å²) in [6.07, 6.45) is -4.12. The van der Waals surface area contributed by atoms with E-state index >= 15 is 0 Å². The molecule has 0 aliphatic carbocycles. The molecule has 0 saturated heterocycles. The molecule has 3 heterocycles. The van der Waals surface area contributed by atoms with Crippen LogP contribution in [0.25, 0.3) is 22.3 Å². The minimum absolute atomic E-state index is 0.0495. The average molecular weight is 489 g/mol. The lowest BCUT2D eigenvalue weighted by Crippen LogP contribution is -2.62. The third-order valence-corrected chi connectivity index (χ3v) is 5.29. The van der Waals surface area contributed by atoms with Crippen molar-refractivity contribution in [3.63, 3.8) is 0 Å². The second-order valence-electron chi connectivity index (χ2n) is 7.45. The molecule has 35 heavy (non-hydrogen) atoms. The minimum Gasteiger partial charge on any atom is -0.494 e. The van der Waals surface area contributed by atoms with E-state index in [2.05, 4.69) is 20.3 Å². The summed E-state index contributed by atoms with van der Waals surface area (Å²) in [5.74, 6) is 0.406. The predicted octanol–water partition coefficient (Wildman–Crippen LogP) is 0.428. The number of nitrogen functional groups attached to an aromatic ring is 1. The summed E-state index contributed by atoms with van der Waals surface area (Å²) in [6, 6.07) is 8.49. The fourth-order valence-electron chi connectivity index (χ4n) is 3.62. The highest BCUT2D eigenvalue weighted by atomic mass is 19.3. The Labute approximate surface area is 195 Å². The Morgan fingerprint density at radius 1 is 1.29 bits per heavy atom. The van der Waals surface area contributed by atoms with Crippen LogP contribution in [0.3, 0.4) is 0 Å². The summed E-state index contributed by atoms with van der Waals surface area (Å²) < 4.78 is 47.0. The molecule has 0 fully saturated rings. The maximum Gasteiger partial charge on any atom is 0.343 e. The molecule has 0 radical (unpaired) electrons. The fourth-order valence-corrected chi connectivity index (χ4v) is 3.62. The van der Waals surface area contributed by atoms with Gasteiger partial charge in [-0.15, -0.1) is 9.67 Å². The average Bonchev–Trinajstić information content (AvgIpc) is 3.30. The van der Waals surface area contributed by atoms with E-state index in [0.29, 0.717) is 22.3 Å². The van der Waals surface area contributed by atoms with E-state index in [1.165, 1.54) is 30.1 Å². The second kappa shape index (κ2) is 9.13. The summed E-state index contributed by atoms with van der Waals surface area (Å²) in [5.41, 5.74) is 2.49. The standard InChI is InChI=1S/C21H18F3N7O4/c1-35-14-6-3-5-12-16(26-19(25)27-17(12)14)13-9-30(29-28-13)8-11-4-2-7-15(31(11)20(32)33)21(34,10-22)18(23)24/h2-7,9,18,34H,8,10H2,1H3,(H2-,25,26,27,32,33). The van der Waals surface area contributed by atoms with Gasteiger partial charge in [0.05, 0.1) is 13.3 Å². The Kier molecular flexibility index (Phi) is 6.22. The Hall–Kier alpha value is -4.33. The summed E-state index contributed by atoms with van der Waals surface area (Å²) in [6.45, 7) is -2.22. The number of nitrogens with zero attached hydrogens (tertiary/aromatic N) is 6. The molecule has 3 aromatic heterocycles. The molecule has 14 heteroatoms. The van der Waals surface area contributed by atoms with Crippen molar-refractivity contribution >= 4 is 22.9 Å². The van der Waals surface area contributed by atoms with Crippen LogP contribution >= 0.6 is 0 Å². The Bertz CT molecular complexity index is 1420. The maximum absolute atomic E-state index is 13.4. The number of para-hydroxylation sites is 1. The number of ether oxygens (including phenoxy) is 1. The number of aliphatic hydroxyl groups is 1. The van der Waals surface area contributed by atoms with Crippen LogP contribution in [0.4, 0.5) is 23.9 Å². The monoisotopic (exact) mass is 489 g/mol. The number of benzene rings is 1. The normalized spacial score (nSPS) is 13.2. The minimum atomic E-state index is -3.60. The van der Waals surface area contributed by atoms with Crippen molar-refractivity contribution < 1.29 is 37.5 Å². The summed E-state index contributed by atoms with van der Waals surface area (Å²) in [5, 5.41) is 30.4. The van der Waals surface area contributed by atoms with Crippen molar-refractivity contribution in [2.24, 2.45) is 0 Å². The van der Waals surface area contributed by atoms with Crippen LogP contribution in [-0.4, -0.2) is 56.4 Å². The Morgan fingerprint density at radius 2 is 2.03 bits per heavy atom. The number of pyridine rings is 1. The number of nitrogens with two attached hydrogens (primary N) is 1. The lowest BCUT2D eigenvalue weighted by atomic mass is 10.0. The van der Waals surface area contributed by atoms with Gasteiger partial charge >= 0.3 is 6.09 Å². The summed E-state index contributed by atoms with van der Waals surface area (Å²) in [7, 11) is 1.47. The quantitative estimate of drug-likeness (QED) is 0.352. The highest BCUT2D eigenvalue weighted by Gasteiger charge is 2.48. The van der Waals surface area contributed by atoms with Crippen LogP contribution in [0.15, 0.2) is 42.6 Å². The van der Waals surface area contributed by atoms with Crippen molar-refractivity contribution in [1.82, 2.24) is 25.0 Å². The first-order valence-corrected chi connectivity index (χ1v) is 10.0. The van der Waals surface area contributed by atoms with E-state index in [9.17, 15) is 28.2 Å². The van der Waals surface area contributed by atoms with Crippen LogP contribution in [0, 0.1) is 0 Å². The molecular weight excluding hydrogens is 471 g/mol. The lowest BCUT2D eigenvalue weighted by Gasteiger charge is -2.22. The molecule has 0 bridgehead atoms. The number of hydrogen-bond acceptors (Lipinski definition) is 9. The Balaban J connectivity index is 1.77. The van der Waals surface area contributed by atoms with Crippen LogP contribution in [0.5, 0.6) is 5.75 Å². The number of fused-ring (bicyclic) bond motifs is 1. The first-order valence-electron chi connectivity index (χ1n) is 10.0. The zero-order chi connectivity index (χ0) is 25.3. The number of anilines is 1. The van der Waals surface area contributed by atoms with E-state index in [-0.39, 0.29) is 28.4 Å². The lowest BCUT2D eigenvalue weighted by molar-refractivity contribution is -0.653. The van der Waals surface area contributed by atoms with E-state index in [1.807, 2.05) is 0 Å². The van der Waals surface area contributed by atoms with Crippen LogP contribution in [0.1, 0.15) is 11.4 Å². The van der Waals surface area contributed by atoms with Gasteiger partial charge in [-0.05, 0) is 12.1 Å².